The van der Waals surface area contributed by atoms with Gasteiger partial charge in [0.2, 0.25) is 10.0 Å². The molecule has 0 atom stereocenters. The molecule has 3 rings (SSSR count). The number of ether oxygens (including phenoxy) is 1. The first kappa shape index (κ1) is 13.0. The van der Waals surface area contributed by atoms with Crippen molar-refractivity contribution < 1.29 is 17.9 Å². The maximum Gasteiger partial charge on any atom is 0.337 e. The third kappa shape index (κ3) is 1.77. The monoisotopic (exact) mass is 294 g/mol. The van der Waals surface area contributed by atoms with E-state index in [2.05, 4.69) is 4.98 Å². The van der Waals surface area contributed by atoms with Gasteiger partial charge in [-0.05, 0) is 24.1 Å². The number of aryl methyl sites for hydroxylation is 1. The maximum atomic E-state index is 12.2. The average Bonchev–Trinajstić information content (AvgIpc) is 2.81. The van der Waals surface area contributed by atoms with Crippen LogP contribution in [0.4, 0.5) is 5.69 Å². The highest BCUT2D eigenvalue weighted by molar-refractivity contribution is 7.92. The lowest BCUT2D eigenvalue weighted by Gasteiger charge is -2.18. The first-order valence-electron chi connectivity index (χ1n) is 6.13. The van der Waals surface area contributed by atoms with Gasteiger partial charge in [0.05, 0.1) is 24.1 Å². The number of H-pyrrole nitrogens is 1. The molecule has 0 radical (unpaired) electrons. The number of carbonyl (C=O) groups excluding carboxylic acids is 1. The van der Waals surface area contributed by atoms with Crippen LogP contribution < -0.4 is 4.31 Å². The molecule has 2 aromatic rings. The molecule has 106 valence electrons. The number of nitrogens with zero attached hydrogens (tertiary/aromatic N) is 1. The number of carbonyl (C=O) groups is 1. The van der Waals surface area contributed by atoms with Crippen LogP contribution in [-0.4, -0.2) is 39.3 Å². The van der Waals surface area contributed by atoms with Crippen LogP contribution in [0.3, 0.4) is 0 Å². The molecule has 7 heteroatoms. The fraction of sp³-hybridized carbons (Fsp3) is 0.308. The van der Waals surface area contributed by atoms with Crippen LogP contribution in [0.2, 0.25) is 0 Å². The van der Waals surface area contributed by atoms with E-state index in [1.165, 1.54) is 18.5 Å². The second-order valence-corrected chi connectivity index (χ2v) is 6.88. The van der Waals surface area contributed by atoms with Gasteiger partial charge in [0.15, 0.2) is 0 Å². The minimum Gasteiger partial charge on any atom is -0.465 e. The Kier molecular flexibility index (Phi) is 2.75. The molecule has 0 aliphatic carbocycles. The summed E-state index contributed by atoms with van der Waals surface area (Å²) in [5.74, 6) is -0.437. The summed E-state index contributed by atoms with van der Waals surface area (Å²) >= 11 is 0. The molecular formula is C13H14N2O4S. The number of esters is 1. The number of nitrogens with one attached hydrogen (secondary N) is 1. The van der Waals surface area contributed by atoms with Crippen molar-refractivity contribution in [3.05, 3.63) is 29.5 Å². The molecule has 20 heavy (non-hydrogen) atoms. The van der Waals surface area contributed by atoms with E-state index in [9.17, 15) is 13.2 Å². The van der Waals surface area contributed by atoms with Crippen LogP contribution in [0.5, 0.6) is 0 Å². The Morgan fingerprint density at radius 3 is 2.85 bits per heavy atom. The highest BCUT2D eigenvalue weighted by Gasteiger charge is 2.27. The largest absolute Gasteiger partial charge is 0.465 e. The van der Waals surface area contributed by atoms with E-state index in [0.717, 1.165) is 16.5 Å². The zero-order chi connectivity index (χ0) is 14.5. The molecule has 0 saturated carbocycles. The van der Waals surface area contributed by atoms with Crippen LogP contribution in [0, 0.1) is 0 Å². The first-order valence-corrected chi connectivity index (χ1v) is 7.74. The fourth-order valence-electron chi connectivity index (χ4n) is 2.52. The van der Waals surface area contributed by atoms with Crippen LogP contribution >= 0.6 is 0 Å². The van der Waals surface area contributed by atoms with Crippen LogP contribution in [0.25, 0.3) is 10.9 Å². The average molecular weight is 294 g/mol. The Hall–Kier alpha value is -2.02. The molecule has 1 aromatic carbocycles. The third-order valence-electron chi connectivity index (χ3n) is 3.65. The van der Waals surface area contributed by atoms with Crippen molar-refractivity contribution in [1.82, 2.24) is 4.98 Å². The fourth-order valence-corrected chi connectivity index (χ4v) is 3.72. The van der Waals surface area contributed by atoms with Gasteiger partial charge >= 0.3 is 5.97 Å². The molecule has 0 fully saturated rings. The van der Waals surface area contributed by atoms with E-state index in [0.29, 0.717) is 17.7 Å². The highest BCUT2D eigenvalue weighted by atomic mass is 32.2. The van der Waals surface area contributed by atoms with E-state index in [4.69, 9.17) is 4.74 Å². The zero-order valence-corrected chi connectivity index (χ0v) is 12.0. The summed E-state index contributed by atoms with van der Waals surface area (Å²) in [5, 5.41) is 0.848. The van der Waals surface area contributed by atoms with Gasteiger partial charge in [0.1, 0.15) is 0 Å². The topological polar surface area (TPSA) is 79.5 Å². The molecule has 1 aliphatic rings. The molecule has 1 N–H and O–H groups in total. The second-order valence-electron chi connectivity index (χ2n) is 4.76. The van der Waals surface area contributed by atoms with Crippen molar-refractivity contribution in [3.8, 4) is 0 Å². The van der Waals surface area contributed by atoms with Gasteiger partial charge in [0.25, 0.3) is 0 Å². The van der Waals surface area contributed by atoms with Gasteiger partial charge < -0.3 is 9.72 Å². The van der Waals surface area contributed by atoms with Crippen LogP contribution in [-0.2, 0) is 21.2 Å². The van der Waals surface area contributed by atoms with E-state index in [-0.39, 0.29) is 5.75 Å². The zero-order valence-electron chi connectivity index (χ0n) is 11.1. The van der Waals surface area contributed by atoms with Crippen molar-refractivity contribution in [2.24, 2.45) is 0 Å². The number of benzene rings is 1. The van der Waals surface area contributed by atoms with E-state index in [1.54, 1.807) is 18.3 Å². The van der Waals surface area contributed by atoms with Gasteiger partial charge in [-0.1, -0.05) is 0 Å². The number of anilines is 1. The van der Waals surface area contributed by atoms with Crippen molar-refractivity contribution in [1.29, 1.82) is 0 Å². The lowest BCUT2D eigenvalue weighted by Crippen LogP contribution is -2.28. The number of aromatic amines is 1. The molecule has 0 spiro atoms. The van der Waals surface area contributed by atoms with Gasteiger partial charge in [-0.2, -0.15) is 0 Å². The van der Waals surface area contributed by atoms with E-state index >= 15 is 0 Å². The Morgan fingerprint density at radius 1 is 1.40 bits per heavy atom. The smallest absolute Gasteiger partial charge is 0.337 e. The molecule has 6 nitrogen and oxygen atoms in total. The summed E-state index contributed by atoms with van der Waals surface area (Å²) in [6, 6.07) is 3.24. The van der Waals surface area contributed by atoms with Crippen molar-refractivity contribution >= 4 is 32.6 Å². The van der Waals surface area contributed by atoms with Gasteiger partial charge in [-0.25, -0.2) is 13.2 Å². The lowest BCUT2D eigenvalue weighted by molar-refractivity contribution is 0.0601. The number of methoxy groups -OCH3 is 1. The molecule has 1 aliphatic heterocycles. The Labute approximate surface area is 116 Å². The normalized spacial score (nSPS) is 17.0. The summed E-state index contributed by atoms with van der Waals surface area (Å²) in [6.07, 6.45) is 2.25. The van der Waals surface area contributed by atoms with Crippen LogP contribution in [0.1, 0.15) is 15.9 Å². The number of aromatic nitrogens is 1. The molecule has 0 unspecified atom stereocenters. The summed E-state index contributed by atoms with van der Waals surface area (Å²) in [5.41, 5.74) is 2.52. The third-order valence-corrected chi connectivity index (χ3v) is 5.40. The quantitative estimate of drug-likeness (QED) is 0.803. The Bertz CT molecular complexity index is 807. The van der Waals surface area contributed by atoms with Crippen molar-refractivity contribution in [2.75, 3.05) is 24.2 Å². The summed E-state index contributed by atoms with van der Waals surface area (Å²) in [4.78, 5) is 14.8. The minimum absolute atomic E-state index is 0.0543. The van der Waals surface area contributed by atoms with E-state index in [1.807, 2.05) is 0 Å². The maximum absolute atomic E-state index is 12.2. The van der Waals surface area contributed by atoms with Crippen LogP contribution in [0.15, 0.2) is 18.3 Å². The SMILES string of the molecule is COC(=O)c1cc2c3c(c[nH]c3c1)CCS(=O)(=O)N2C. The first-order chi connectivity index (χ1) is 9.44. The van der Waals surface area contributed by atoms with Crippen molar-refractivity contribution in [2.45, 2.75) is 6.42 Å². The molecule has 2 heterocycles. The van der Waals surface area contributed by atoms with Gasteiger partial charge in [-0.15, -0.1) is 0 Å². The van der Waals surface area contributed by atoms with Gasteiger partial charge in [0, 0.05) is 24.1 Å². The number of sulfonamides is 1. The lowest BCUT2D eigenvalue weighted by atomic mass is 10.1. The molecular weight excluding hydrogens is 280 g/mol. The number of hydrogen-bond acceptors (Lipinski definition) is 4. The Balaban J connectivity index is 2.34. The molecule has 0 amide bonds. The van der Waals surface area contributed by atoms with Crippen molar-refractivity contribution in [3.63, 3.8) is 0 Å². The minimum atomic E-state index is -3.36. The predicted octanol–water partition coefficient (Wildman–Crippen LogP) is 1.28. The van der Waals surface area contributed by atoms with Gasteiger partial charge in [-0.3, -0.25) is 4.31 Å². The predicted molar refractivity (Wildman–Crippen MR) is 75.5 cm³/mol. The van der Waals surface area contributed by atoms with E-state index < -0.39 is 16.0 Å². The summed E-state index contributed by atoms with van der Waals surface area (Å²) in [7, 11) is -0.560. The number of hydrogen-bond donors (Lipinski definition) is 1. The molecule has 1 aromatic heterocycles. The molecule has 0 saturated heterocycles. The second kappa shape index (κ2) is 4.24. The summed E-state index contributed by atoms with van der Waals surface area (Å²) < 4.78 is 30.3. The standard InChI is InChI=1S/C13H14N2O4S/c1-15-11-6-9(13(16)19-2)5-10-12(11)8(7-14-10)3-4-20(15,17)18/h5-7,14H,3-4H2,1-2H3. The molecule has 0 bridgehead atoms. The Morgan fingerprint density at radius 2 is 2.15 bits per heavy atom. The summed E-state index contributed by atoms with van der Waals surface area (Å²) in [6.45, 7) is 0. The number of rotatable bonds is 1. The highest BCUT2D eigenvalue weighted by Crippen LogP contribution is 2.35.